The summed E-state index contributed by atoms with van der Waals surface area (Å²) in [5.74, 6) is 0.339. The molecule has 0 saturated carbocycles. The van der Waals surface area contributed by atoms with E-state index in [1.807, 2.05) is 12.1 Å². The Kier molecular flexibility index (Phi) is 4.94. The summed E-state index contributed by atoms with van der Waals surface area (Å²) in [6.07, 6.45) is 2.22. The molecular formula is C15H16N2O3. The minimum absolute atomic E-state index is 0.0358. The highest BCUT2D eigenvalue weighted by Crippen LogP contribution is 1.99. The molecule has 5 heteroatoms. The molecular weight excluding hydrogens is 256 g/mol. The van der Waals surface area contributed by atoms with Crippen LogP contribution in [0, 0.1) is 0 Å². The first-order valence-electron chi connectivity index (χ1n) is 6.38. The summed E-state index contributed by atoms with van der Waals surface area (Å²) < 4.78 is 5.15. The second-order valence-electron chi connectivity index (χ2n) is 4.23. The van der Waals surface area contributed by atoms with Crippen LogP contribution in [0.1, 0.15) is 16.1 Å². The lowest BCUT2D eigenvalue weighted by atomic mass is 10.2. The smallest absolute Gasteiger partial charge is 0.251 e. The predicted molar refractivity (Wildman–Crippen MR) is 74.2 cm³/mol. The van der Waals surface area contributed by atoms with Crippen LogP contribution in [0.2, 0.25) is 0 Å². The lowest BCUT2D eigenvalue weighted by molar-refractivity contribution is -0.120. The first-order valence-corrected chi connectivity index (χ1v) is 6.38. The number of nitrogens with one attached hydrogen (secondary N) is 2. The zero-order valence-electron chi connectivity index (χ0n) is 11.0. The molecule has 0 aliphatic carbocycles. The number of amides is 2. The van der Waals surface area contributed by atoms with E-state index >= 15 is 0 Å². The van der Waals surface area contributed by atoms with Crippen LogP contribution in [0.4, 0.5) is 0 Å². The number of carbonyl (C=O) groups excluding carboxylic acids is 2. The zero-order valence-corrected chi connectivity index (χ0v) is 11.0. The van der Waals surface area contributed by atoms with Gasteiger partial charge in [-0.25, -0.2) is 0 Å². The minimum atomic E-state index is -0.258. The van der Waals surface area contributed by atoms with E-state index in [0.717, 1.165) is 5.76 Å². The first-order chi connectivity index (χ1) is 9.75. The Bertz CT molecular complexity index is 550. The highest BCUT2D eigenvalue weighted by molar-refractivity contribution is 5.96. The average molecular weight is 272 g/mol. The summed E-state index contributed by atoms with van der Waals surface area (Å²) in [6.45, 7) is 0.444. The highest BCUT2D eigenvalue weighted by Gasteiger charge is 2.07. The molecule has 0 bridgehead atoms. The van der Waals surface area contributed by atoms with Crippen LogP contribution >= 0.6 is 0 Å². The molecule has 2 amide bonds. The van der Waals surface area contributed by atoms with Crippen LogP contribution in [0.15, 0.2) is 53.1 Å². The molecule has 0 radical (unpaired) electrons. The lowest BCUT2D eigenvalue weighted by Crippen LogP contribution is -2.37. The van der Waals surface area contributed by atoms with Gasteiger partial charge in [-0.15, -0.1) is 0 Å². The van der Waals surface area contributed by atoms with E-state index in [0.29, 0.717) is 18.5 Å². The second-order valence-corrected chi connectivity index (χ2v) is 4.23. The van der Waals surface area contributed by atoms with Gasteiger partial charge in [0.2, 0.25) is 5.91 Å². The number of rotatable bonds is 6. The molecule has 0 saturated heterocycles. The molecule has 2 N–H and O–H groups in total. The third-order valence-corrected chi connectivity index (χ3v) is 2.72. The average Bonchev–Trinajstić information content (AvgIpc) is 2.99. The third kappa shape index (κ3) is 4.28. The van der Waals surface area contributed by atoms with Gasteiger partial charge in [0, 0.05) is 18.5 Å². The Morgan fingerprint density at radius 3 is 2.50 bits per heavy atom. The summed E-state index contributed by atoms with van der Waals surface area (Å²) in [4.78, 5) is 23.3. The van der Waals surface area contributed by atoms with Gasteiger partial charge < -0.3 is 15.1 Å². The molecule has 1 heterocycles. The number of benzene rings is 1. The minimum Gasteiger partial charge on any atom is -0.469 e. The van der Waals surface area contributed by atoms with Gasteiger partial charge in [0.15, 0.2) is 0 Å². The Labute approximate surface area is 117 Å². The summed E-state index contributed by atoms with van der Waals surface area (Å²) in [5.41, 5.74) is 0.538. The van der Waals surface area contributed by atoms with Gasteiger partial charge in [-0.3, -0.25) is 9.59 Å². The van der Waals surface area contributed by atoms with Crippen LogP contribution in [-0.2, 0) is 11.2 Å². The summed E-state index contributed by atoms with van der Waals surface area (Å²) >= 11 is 0. The third-order valence-electron chi connectivity index (χ3n) is 2.72. The van der Waals surface area contributed by atoms with Gasteiger partial charge in [0.25, 0.3) is 5.91 Å². The summed E-state index contributed by atoms with van der Waals surface area (Å²) in [5, 5.41) is 5.28. The van der Waals surface area contributed by atoms with Gasteiger partial charge >= 0.3 is 0 Å². The molecule has 0 aliphatic rings. The normalized spacial score (nSPS) is 10.0. The van der Waals surface area contributed by atoms with Gasteiger partial charge in [-0.05, 0) is 24.3 Å². The van der Waals surface area contributed by atoms with Crippen molar-refractivity contribution in [3.05, 3.63) is 60.1 Å². The van der Waals surface area contributed by atoms with E-state index in [-0.39, 0.29) is 18.4 Å². The van der Waals surface area contributed by atoms with Crippen molar-refractivity contribution in [1.29, 1.82) is 0 Å². The van der Waals surface area contributed by atoms with Crippen molar-refractivity contribution in [2.24, 2.45) is 0 Å². The molecule has 0 aliphatic heterocycles. The second kappa shape index (κ2) is 7.13. The quantitative estimate of drug-likeness (QED) is 0.834. The molecule has 104 valence electrons. The molecule has 5 nitrogen and oxygen atoms in total. The standard InChI is InChI=1S/C15H16N2O3/c18-14(16-9-8-13-7-4-10-20-13)11-17-15(19)12-5-2-1-3-6-12/h1-7,10H,8-9,11H2,(H,16,18)(H,17,19). The SMILES string of the molecule is O=C(CNC(=O)c1ccccc1)NCCc1ccco1. The van der Waals surface area contributed by atoms with Crippen molar-refractivity contribution in [1.82, 2.24) is 10.6 Å². The highest BCUT2D eigenvalue weighted by atomic mass is 16.3. The number of hydrogen-bond donors (Lipinski definition) is 2. The van der Waals surface area contributed by atoms with Gasteiger partial charge in [-0.2, -0.15) is 0 Å². The van der Waals surface area contributed by atoms with Crippen LogP contribution in [0.3, 0.4) is 0 Å². The van der Waals surface area contributed by atoms with Crippen molar-refractivity contribution in [3.8, 4) is 0 Å². The Morgan fingerprint density at radius 1 is 1.00 bits per heavy atom. The molecule has 20 heavy (non-hydrogen) atoms. The van der Waals surface area contributed by atoms with Crippen molar-refractivity contribution >= 4 is 11.8 Å². The number of hydrogen-bond acceptors (Lipinski definition) is 3. The fourth-order valence-electron chi connectivity index (χ4n) is 1.69. The van der Waals surface area contributed by atoms with E-state index in [1.54, 1.807) is 36.6 Å². The predicted octanol–water partition coefficient (Wildman–Crippen LogP) is 1.37. The van der Waals surface area contributed by atoms with E-state index in [2.05, 4.69) is 10.6 Å². The number of furan rings is 1. The molecule has 0 unspecified atom stereocenters. The van der Waals surface area contributed by atoms with Gasteiger partial charge in [0.05, 0.1) is 12.8 Å². The van der Waals surface area contributed by atoms with Crippen molar-refractivity contribution < 1.29 is 14.0 Å². The monoisotopic (exact) mass is 272 g/mol. The Hall–Kier alpha value is -2.56. The molecule has 2 aromatic rings. The van der Waals surface area contributed by atoms with Crippen LogP contribution in [0.25, 0.3) is 0 Å². The fraction of sp³-hybridized carbons (Fsp3) is 0.200. The van der Waals surface area contributed by atoms with E-state index in [9.17, 15) is 9.59 Å². The largest absolute Gasteiger partial charge is 0.469 e. The Morgan fingerprint density at radius 2 is 1.80 bits per heavy atom. The van der Waals surface area contributed by atoms with Gasteiger partial charge in [-0.1, -0.05) is 18.2 Å². The summed E-state index contributed by atoms with van der Waals surface area (Å²) in [6, 6.07) is 12.4. The first kappa shape index (κ1) is 13.9. The van der Waals surface area contributed by atoms with Crippen molar-refractivity contribution in [2.45, 2.75) is 6.42 Å². The maximum atomic E-state index is 11.7. The maximum Gasteiger partial charge on any atom is 0.251 e. The maximum absolute atomic E-state index is 11.7. The van der Waals surface area contributed by atoms with Gasteiger partial charge in [0.1, 0.15) is 5.76 Å². The van der Waals surface area contributed by atoms with Crippen LogP contribution in [-0.4, -0.2) is 24.9 Å². The molecule has 1 aromatic heterocycles. The van der Waals surface area contributed by atoms with Crippen molar-refractivity contribution in [3.63, 3.8) is 0 Å². The molecule has 1 aromatic carbocycles. The molecule has 0 atom stereocenters. The fourth-order valence-corrected chi connectivity index (χ4v) is 1.69. The van der Waals surface area contributed by atoms with E-state index in [4.69, 9.17) is 4.42 Å². The topological polar surface area (TPSA) is 71.3 Å². The molecule has 0 spiro atoms. The van der Waals surface area contributed by atoms with Crippen molar-refractivity contribution in [2.75, 3.05) is 13.1 Å². The van der Waals surface area contributed by atoms with E-state index < -0.39 is 0 Å². The van der Waals surface area contributed by atoms with Crippen LogP contribution < -0.4 is 10.6 Å². The lowest BCUT2D eigenvalue weighted by Gasteiger charge is -2.06. The van der Waals surface area contributed by atoms with E-state index in [1.165, 1.54) is 0 Å². The number of carbonyl (C=O) groups is 2. The van der Waals surface area contributed by atoms with Crippen LogP contribution in [0.5, 0.6) is 0 Å². The summed E-state index contributed by atoms with van der Waals surface area (Å²) in [7, 11) is 0. The molecule has 2 rings (SSSR count). The molecule has 0 fully saturated rings. The Balaban J connectivity index is 1.66. The zero-order chi connectivity index (χ0) is 14.2.